The van der Waals surface area contributed by atoms with Crippen LogP contribution in [0.2, 0.25) is 0 Å². The van der Waals surface area contributed by atoms with Crippen LogP contribution in [0.25, 0.3) is 0 Å². The van der Waals surface area contributed by atoms with E-state index in [0.717, 1.165) is 23.3 Å². The van der Waals surface area contributed by atoms with Gasteiger partial charge in [0, 0.05) is 19.2 Å². The molecule has 1 aromatic heterocycles. The Morgan fingerprint density at radius 3 is 2.61 bits per heavy atom. The third-order valence-electron chi connectivity index (χ3n) is 4.31. The highest BCUT2D eigenvalue weighted by Gasteiger charge is 2.08. The molecule has 0 aliphatic carbocycles. The van der Waals surface area contributed by atoms with Crippen molar-refractivity contribution < 1.29 is 9.53 Å². The van der Waals surface area contributed by atoms with E-state index >= 15 is 0 Å². The lowest BCUT2D eigenvalue weighted by Gasteiger charge is -2.08. The molecule has 6 heteroatoms. The van der Waals surface area contributed by atoms with Gasteiger partial charge >= 0.3 is 0 Å². The number of rotatable bonds is 8. The summed E-state index contributed by atoms with van der Waals surface area (Å²) in [5.41, 5.74) is 3.76. The van der Waals surface area contributed by atoms with Gasteiger partial charge in [0.2, 0.25) is 0 Å². The number of carbonyl (C=O) groups is 1. The third-order valence-corrected chi connectivity index (χ3v) is 4.31. The van der Waals surface area contributed by atoms with Crippen molar-refractivity contribution in [2.24, 2.45) is 0 Å². The molecule has 28 heavy (non-hydrogen) atoms. The van der Waals surface area contributed by atoms with Gasteiger partial charge < -0.3 is 15.4 Å². The van der Waals surface area contributed by atoms with E-state index in [1.165, 1.54) is 11.9 Å². The predicted molar refractivity (Wildman–Crippen MR) is 110 cm³/mol. The minimum absolute atomic E-state index is 0.220. The molecule has 144 valence electrons. The van der Waals surface area contributed by atoms with Crippen LogP contribution in [0, 0.1) is 6.92 Å². The quantitative estimate of drug-likeness (QED) is 0.630. The molecule has 0 spiro atoms. The van der Waals surface area contributed by atoms with Crippen molar-refractivity contribution in [3.8, 4) is 5.75 Å². The maximum absolute atomic E-state index is 12.4. The molecule has 0 atom stereocenters. The first-order valence-electron chi connectivity index (χ1n) is 9.16. The van der Waals surface area contributed by atoms with Crippen LogP contribution in [-0.4, -0.2) is 29.5 Å². The van der Waals surface area contributed by atoms with Gasteiger partial charge in [-0.1, -0.05) is 42.0 Å². The fourth-order valence-corrected chi connectivity index (χ4v) is 2.80. The fourth-order valence-electron chi connectivity index (χ4n) is 2.80. The summed E-state index contributed by atoms with van der Waals surface area (Å²) < 4.78 is 5.16. The first kappa shape index (κ1) is 19.4. The van der Waals surface area contributed by atoms with Crippen LogP contribution in [-0.2, 0) is 13.0 Å². The molecule has 0 bridgehead atoms. The number of anilines is 1. The van der Waals surface area contributed by atoms with Crippen molar-refractivity contribution in [1.82, 2.24) is 15.3 Å². The Hall–Kier alpha value is -3.41. The number of hydrogen-bond acceptors (Lipinski definition) is 5. The topological polar surface area (TPSA) is 76.1 Å². The molecule has 1 heterocycles. The number of aromatic nitrogens is 2. The smallest absolute Gasteiger partial charge is 0.270 e. The van der Waals surface area contributed by atoms with E-state index in [4.69, 9.17) is 4.74 Å². The highest BCUT2D eigenvalue weighted by Crippen LogP contribution is 2.12. The number of nitrogens with zero attached hydrogens (tertiary/aromatic N) is 2. The first-order valence-corrected chi connectivity index (χ1v) is 9.16. The number of nitrogens with one attached hydrogen (secondary N) is 2. The van der Waals surface area contributed by atoms with Gasteiger partial charge in [-0.15, -0.1) is 0 Å². The lowest BCUT2D eigenvalue weighted by Crippen LogP contribution is -2.24. The summed E-state index contributed by atoms with van der Waals surface area (Å²) in [7, 11) is 1.65. The lowest BCUT2D eigenvalue weighted by atomic mass is 10.1. The van der Waals surface area contributed by atoms with E-state index in [0.29, 0.717) is 24.6 Å². The Morgan fingerprint density at radius 1 is 1.04 bits per heavy atom. The van der Waals surface area contributed by atoms with E-state index < -0.39 is 0 Å². The minimum Gasteiger partial charge on any atom is -0.497 e. The van der Waals surface area contributed by atoms with Crippen LogP contribution in [0.15, 0.2) is 60.9 Å². The highest BCUT2D eigenvalue weighted by molar-refractivity contribution is 5.92. The number of carbonyl (C=O) groups excluding carboxylic acids is 1. The molecule has 3 rings (SSSR count). The van der Waals surface area contributed by atoms with Gasteiger partial charge in [0.15, 0.2) is 0 Å². The molecule has 6 nitrogen and oxygen atoms in total. The molecule has 0 fully saturated rings. The fraction of sp³-hybridized carbons (Fsp3) is 0.227. The first-order chi connectivity index (χ1) is 13.6. The number of amides is 1. The Bertz CT molecular complexity index is 926. The van der Waals surface area contributed by atoms with Crippen molar-refractivity contribution in [1.29, 1.82) is 0 Å². The summed E-state index contributed by atoms with van der Waals surface area (Å²) in [6.07, 6.45) is 2.24. The van der Waals surface area contributed by atoms with E-state index in [1.807, 2.05) is 55.5 Å². The maximum Gasteiger partial charge on any atom is 0.270 e. The van der Waals surface area contributed by atoms with Gasteiger partial charge in [0.05, 0.1) is 7.11 Å². The zero-order valence-corrected chi connectivity index (χ0v) is 16.1. The van der Waals surface area contributed by atoms with Crippen molar-refractivity contribution >= 4 is 11.7 Å². The van der Waals surface area contributed by atoms with E-state index in [9.17, 15) is 4.79 Å². The molecular weight excluding hydrogens is 352 g/mol. The maximum atomic E-state index is 12.4. The standard InChI is InChI=1S/C22H24N4O2/c1-16-4-3-5-18(12-16)14-24-22(27)20-13-21(26-15-25-20)23-11-10-17-6-8-19(28-2)9-7-17/h3-9,12-13,15H,10-11,14H2,1-2H3,(H,24,27)(H,23,25,26). The second-order valence-corrected chi connectivity index (χ2v) is 6.49. The Morgan fingerprint density at radius 2 is 1.86 bits per heavy atom. The summed E-state index contributed by atoms with van der Waals surface area (Å²) in [5, 5.41) is 6.13. The molecule has 1 amide bonds. The lowest BCUT2D eigenvalue weighted by molar-refractivity contribution is 0.0945. The Balaban J connectivity index is 1.51. The molecule has 0 saturated heterocycles. The second-order valence-electron chi connectivity index (χ2n) is 6.49. The third kappa shape index (κ3) is 5.54. The van der Waals surface area contributed by atoms with E-state index in [1.54, 1.807) is 13.2 Å². The minimum atomic E-state index is -0.220. The molecule has 3 aromatic rings. The zero-order chi connectivity index (χ0) is 19.8. The molecule has 2 N–H and O–H groups in total. The van der Waals surface area contributed by atoms with Crippen molar-refractivity contribution in [3.63, 3.8) is 0 Å². The molecule has 2 aromatic carbocycles. The second kappa shape index (κ2) is 9.50. The normalized spacial score (nSPS) is 10.4. The number of aryl methyl sites for hydroxylation is 1. The highest BCUT2D eigenvalue weighted by atomic mass is 16.5. The largest absolute Gasteiger partial charge is 0.497 e. The SMILES string of the molecule is COc1ccc(CCNc2cc(C(=O)NCc3cccc(C)c3)ncn2)cc1. The van der Waals surface area contributed by atoms with Crippen molar-refractivity contribution in [3.05, 3.63) is 83.3 Å². The summed E-state index contributed by atoms with van der Waals surface area (Å²) in [4.78, 5) is 20.6. The molecule has 0 aliphatic heterocycles. The summed E-state index contributed by atoms with van der Waals surface area (Å²) in [6.45, 7) is 3.19. The number of methoxy groups -OCH3 is 1. The average molecular weight is 376 g/mol. The average Bonchev–Trinajstić information content (AvgIpc) is 2.73. The molecule has 0 aliphatic rings. The van der Waals surface area contributed by atoms with Crippen molar-refractivity contribution in [2.45, 2.75) is 19.9 Å². The van der Waals surface area contributed by atoms with Crippen LogP contribution < -0.4 is 15.4 Å². The Labute approximate surface area is 165 Å². The molecule has 0 unspecified atom stereocenters. The Kier molecular flexibility index (Phi) is 6.57. The number of ether oxygens (including phenoxy) is 1. The van der Waals surface area contributed by atoms with Gasteiger partial charge in [-0.2, -0.15) is 0 Å². The molecule has 0 radical (unpaired) electrons. The van der Waals surface area contributed by atoms with E-state index in [-0.39, 0.29) is 5.91 Å². The number of hydrogen-bond donors (Lipinski definition) is 2. The number of benzene rings is 2. The van der Waals surface area contributed by atoms with E-state index in [2.05, 4.69) is 20.6 Å². The molecular formula is C22H24N4O2. The van der Waals surface area contributed by atoms with Crippen molar-refractivity contribution in [2.75, 3.05) is 19.0 Å². The van der Waals surface area contributed by atoms with Gasteiger partial charge in [-0.25, -0.2) is 9.97 Å². The van der Waals surface area contributed by atoms with Crippen LogP contribution in [0.5, 0.6) is 5.75 Å². The van der Waals surface area contributed by atoms with Gasteiger partial charge in [0.25, 0.3) is 5.91 Å². The van der Waals surface area contributed by atoms with Crippen LogP contribution >= 0.6 is 0 Å². The predicted octanol–water partition coefficient (Wildman–Crippen LogP) is 3.38. The van der Waals surface area contributed by atoms with Crippen LogP contribution in [0.4, 0.5) is 5.82 Å². The summed E-state index contributed by atoms with van der Waals surface area (Å²) >= 11 is 0. The molecule has 0 saturated carbocycles. The summed E-state index contributed by atoms with van der Waals surface area (Å²) in [6, 6.07) is 17.7. The summed E-state index contributed by atoms with van der Waals surface area (Å²) in [5.74, 6) is 1.25. The van der Waals surface area contributed by atoms with Gasteiger partial charge in [-0.05, 0) is 36.6 Å². The van der Waals surface area contributed by atoms with Gasteiger partial charge in [-0.3, -0.25) is 4.79 Å². The van der Waals surface area contributed by atoms with Crippen LogP contribution in [0.1, 0.15) is 27.2 Å². The monoisotopic (exact) mass is 376 g/mol. The van der Waals surface area contributed by atoms with Gasteiger partial charge in [0.1, 0.15) is 23.6 Å². The zero-order valence-electron chi connectivity index (χ0n) is 16.1. The van der Waals surface area contributed by atoms with Crippen LogP contribution in [0.3, 0.4) is 0 Å².